The summed E-state index contributed by atoms with van der Waals surface area (Å²) in [5, 5.41) is 10.6. The van der Waals surface area contributed by atoms with E-state index >= 15 is 0 Å². The molecule has 0 bridgehead atoms. The minimum atomic E-state index is -0.283. The third-order valence-corrected chi connectivity index (χ3v) is 5.43. The first kappa shape index (κ1) is 24.8. The molecular weight excluding hydrogens is 430 g/mol. The molecule has 0 saturated heterocycles. The van der Waals surface area contributed by atoms with Crippen LogP contribution in [0.15, 0.2) is 54.6 Å². The van der Waals surface area contributed by atoms with E-state index in [0.717, 1.165) is 41.1 Å². The third kappa shape index (κ3) is 5.95. The standard InChI is InChI=1S/C26H33N5O3/c1-5-7-17-30(26(33)27-6-2)18-23(32)28-25-24(20-11-9-8-10-12-20)19(3)29-31(25)21-13-15-22(34-4)16-14-21/h8-16H,5-7,17-18H2,1-4H3,(H,27,33)(H,28,32). The average molecular weight is 464 g/mol. The van der Waals surface area contributed by atoms with E-state index in [2.05, 4.69) is 17.6 Å². The molecule has 0 spiro atoms. The number of hydrogen-bond donors (Lipinski definition) is 2. The number of anilines is 1. The van der Waals surface area contributed by atoms with E-state index in [0.29, 0.717) is 18.9 Å². The average Bonchev–Trinajstić information content (AvgIpc) is 3.17. The van der Waals surface area contributed by atoms with E-state index < -0.39 is 0 Å². The Hall–Kier alpha value is -3.81. The number of carbonyl (C=O) groups excluding carboxylic acids is 2. The van der Waals surface area contributed by atoms with Gasteiger partial charge in [-0.25, -0.2) is 9.48 Å². The molecule has 3 rings (SSSR count). The Bertz CT molecular complexity index is 1090. The van der Waals surface area contributed by atoms with Crippen molar-refractivity contribution in [1.29, 1.82) is 0 Å². The number of aromatic nitrogens is 2. The summed E-state index contributed by atoms with van der Waals surface area (Å²) in [5.74, 6) is 1.01. The number of rotatable bonds is 10. The molecule has 0 atom stereocenters. The van der Waals surface area contributed by atoms with E-state index in [4.69, 9.17) is 9.84 Å². The molecule has 3 amide bonds. The number of urea groups is 1. The maximum absolute atomic E-state index is 13.2. The number of benzene rings is 2. The van der Waals surface area contributed by atoms with Crippen molar-refractivity contribution in [2.75, 3.05) is 32.1 Å². The first-order valence-corrected chi connectivity index (χ1v) is 11.6. The van der Waals surface area contributed by atoms with Gasteiger partial charge >= 0.3 is 6.03 Å². The Balaban J connectivity index is 1.97. The second-order valence-corrected chi connectivity index (χ2v) is 7.94. The van der Waals surface area contributed by atoms with Crippen LogP contribution >= 0.6 is 0 Å². The molecule has 8 nitrogen and oxygen atoms in total. The van der Waals surface area contributed by atoms with Crippen molar-refractivity contribution < 1.29 is 14.3 Å². The van der Waals surface area contributed by atoms with Gasteiger partial charge in [-0.05, 0) is 50.1 Å². The van der Waals surface area contributed by atoms with Crippen LogP contribution in [0.2, 0.25) is 0 Å². The topological polar surface area (TPSA) is 88.5 Å². The van der Waals surface area contributed by atoms with Gasteiger partial charge in [0.25, 0.3) is 0 Å². The van der Waals surface area contributed by atoms with Gasteiger partial charge in [0.05, 0.1) is 18.5 Å². The normalized spacial score (nSPS) is 10.6. The molecule has 1 heterocycles. The molecule has 8 heteroatoms. The molecule has 0 aliphatic rings. The molecule has 2 aromatic carbocycles. The van der Waals surface area contributed by atoms with Crippen LogP contribution in [0.4, 0.5) is 10.6 Å². The van der Waals surface area contributed by atoms with Crippen LogP contribution in [-0.2, 0) is 4.79 Å². The number of carbonyl (C=O) groups is 2. The maximum atomic E-state index is 13.2. The summed E-state index contributed by atoms with van der Waals surface area (Å²) in [5.41, 5.74) is 3.35. The molecule has 34 heavy (non-hydrogen) atoms. The van der Waals surface area contributed by atoms with Crippen LogP contribution in [-0.4, -0.2) is 53.4 Å². The highest BCUT2D eigenvalue weighted by Gasteiger charge is 2.22. The highest BCUT2D eigenvalue weighted by molar-refractivity contribution is 5.97. The van der Waals surface area contributed by atoms with Gasteiger partial charge in [0.15, 0.2) is 0 Å². The lowest BCUT2D eigenvalue weighted by atomic mass is 10.1. The molecule has 0 aliphatic heterocycles. The van der Waals surface area contributed by atoms with Crippen LogP contribution in [0, 0.1) is 6.92 Å². The third-order valence-electron chi connectivity index (χ3n) is 5.43. The van der Waals surface area contributed by atoms with Gasteiger partial charge in [-0.15, -0.1) is 0 Å². The summed E-state index contributed by atoms with van der Waals surface area (Å²) in [6.07, 6.45) is 1.75. The fourth-order valence-electron chi connectivity index (χ4n) is 3.71. The molecule has 1 aromatic heterocycles. The predicted molar refractivity (Wildman–Crippen MR) is 134 cm³/mol. The SMILES string of the molecule is CCCCN(CC(=O)Nc1c(-c2ccccc2)c(C)nn1-c1ccc(OC)cc1)C(=O)NCC. The fraction of sp³-hybridized carbons (Fsp3) is 0.346. The molecule has 180 valence electrons. The molecule has 0 radical (unpaired) electrons. The van der Waals surface area contributed by atoms with E-state index in [1.165, 1.54) is 0 Å². The van der Waals surface area contributed by atoms with Crippen LogP contribution < -0.4 is 15.4 Å². The number of methoxy groups -OCH3 is 1. The van der Waals surface area contributed by atoms with E-state index in [9.17, 15) is 9.59 Å². The van der Waals surface area contributed by atoms with Crippen LogP contribution in [0.5, 0.6) is 5.75 Å². The number of nitrogens with one attached hydrogen (secondary N) is 2. The minimum Gasteiger partial charge on any atom is -0.497 e. The summed E-state index contributed by atoms with van der Waals surface area (Å²) in [7, 11) is 1.62. The predicted octanol–water partition coefficient (Wildman–Crippen LogP) is 4.63. The first-order valence-electron chi connectivity index (χ1n) is 11.6. The van der Waals surface area contributed by atoms with E-state index in [1.807, 2.05) is 68.4 Å². The smallest absolute Gasteiger partial charge is 0.317 e. The molecule has 0 fully saturated rings. The summed E-state index contributed by atoms with van der Waals surface area (Å²) in [6.45, 7) is 6.80. The lowest BCUT2D eigenvalue weighted by molar-refractivity contribution is -0.116. The number of hydrogen-bond acceptors (Lipinski definition) is 4. The largest absolute Gasteiger partial charge is 0.497 e. The summed E-state index contributed by atoms with van der Waals surface area (Å²) < 4.78 is 6.99. The van der Waals surface area contributed by atoms with Gasteiger partial charge in [-0.3, -0.25) is 4.79 Å². The first-order chi connectivity index (χ1) is 16.5. The molecule has 0 unspecified atom stereocenters. The second kappa shape index (κ2) is 11.9. The van der Waals surface area contributed by atoms with Crippen LogP contribution in [0.3, 0.4) is 0 Å². The number of amides is 3. The number of ether oxygens (including phenoxy) is 1. The summed E-state index contributed by atoms with van der Waals surface area (Å²) >= 11 is 0. The lowest BCUT2D eigenvalue weighted by Gasteiger charge is -2.22. The van der Waals surface area contributed by atoms with E-state index in [1.54, 1.807) is 16.7 Å². The lowest BCUT2D eigenvalue weighted by Crippen LogP contribution is -2.44. The van der Waals surface area contributed by atoms with Crippen molar-refractivity contribution in [3.63, 3.8) is 0 Å². The van der Waals surface area contributed by atoms with Crippen LogP contribution in [0.1, 0.15) is 32.4 Å². The Kier molecular flexibility index (Phi) is 8.67. The quantitative estimate of drug-likeness (QED) is 0.459. The minimum absolute atomic E-state index is 0.0487. The zero-order valence-corrected chi connectivity index (χ0v) is 20.3. The summed E-state index contributed by atoms with van der Waals surface area (Å²) in [4.78, 5) is 27.2. The van der Waals surface area contributed by atoms with Crippen molar-refractivity contribution in [3.05, 3.63) is 60.3 Å². The summed E-state index contributed by atoms with van der Waals surface area (Å²) in [6, 6.07) is 17.1. The molecule has 2 N–H and O–H groups in total. The van der Waals surface area contributed by atoms with Gasteiger partial charge in [0, 0.05) is 18.7 Å². The van der Waals surface area contributed by atoms with Crippen molar-refractivity contribution in [2.45, 2.75) is 33.6 Å². The van der Waals surface area contributed by atoms with Crippen LogP contribution in [0.25, 0.3) is 16.8 Å². The fourth-order valence-corrected chi connectivity index (χ4v) is 3.71. The van der Waals surface area contributed by atoms with E-state index in [-0.39, 0.29) is 18.5 Å². The Morgan fingerprint density at radius 3 is 2.38 bits per heavy atom. The molecule has 3 aromatic rings. The van der Waals surface area contributed by atoms with Crippen molar-refractivity contribution in [2.24, 2.45) is 0 Å². The Labute approximate surface area is 200 Å². The number of aryl methyl sites for hydroxylation is 1. The highest BCUT2D eigenvalue weighted by atomic mass is 16.5. The Morgan fingerprint density at radius 1 is 1.06 bits per heavy atom. The van der Waals surface area contributed by atoms with Gasteiger partial charge in [-0.2, -0.15) is 5.10 Å². The van der Waals surface area contributed by atoms with Gasteiger partial charge in [0.2, 0.25) is 5.91 Å². The molecular formula is C26H33N5O3. The highest BCUT2D eigenvalue weighted by Crippen LogP contribution is 2.33. The van der Waals surface area contributed by atoms with Crippen molar-refractivity contribution >= 4 is 17.8 Å². The zero-order chi connectivity index (χ0) is 24.5. The number of nitrogens with zero attached hydrogens (tertiary/aromatic N) is 3. The maximum Gasteiger partial charge on any atom is 0.317 e. The zero-order valence-electron chi connectivity index (χ0n) is 20.3. The monoisotopic (exact) mass is 463 g/mol. The second-order valence-electron chi connectivity index (χ2n) is 7.94. The van der Waals surface area contributed by atoms with Gasteiger partial charge in [0.1, 0.15) is 18.1 Å². The van der Waals surface area contributed by atoms with Crippen molar-refractivity contribution in [1.82, 2.24) is 20.0 Å². The van der Waals surface area contributed by atoms with Gasteiger partial charge in [-0.1, -0.05) is 43.7 Å². The van der Waals surface area contributed by atoms with Gasteiger partial charge < -0.3 is 20.3 Å². The molecule has 0 saturated carbocycles. The number of unbranched alkanes of at least 4 members (excludes halogenated alkanes) is 1. The van der Waals surface area contributed by atoms with Crippen molar-refractivity contribution in [3.8, 4) is 22.6 Å². The Morgan fingerprint density at radius 2 is 1.76 bits per heavy atom. The molecule has 0 aliphatic carbocycles.